The maximum atomic E-state index is 9.46. The second-order valence-corrected chi connectivity index (χ2v) is 6.82. The summed E-state index contributed by atoms with van der Waals surface area (Å²) < 4.78 is 5.58. The van der Waals surface area contributed by atoms with Crippen LogP contribution < -0.4 is 10.6 Å². The second-order valence-electron chi connectivity index (χ2n) is 6.82. The summed E-state index contributed by atoms with van der Waals surface area (Å²) in [6.07, 6.45) is 4.18. The van der Waals surface area contributed by atoms with Gasteiger partial charge < -0.3 is 20.5 Å². The Labute approximate surface area is 154 Å². The molecule has 1 unspecified atom stereocenters. The van der Waals surface area contributed by atoms with Gasteiger partial charge >= 0.3 is 0 Å². The Morgan fingerprint density at radius 1 is 1.12 bits per heavy atom. The van der Waals surface area contributed by atoms with Crippen molar-refractivity contribution in [1.29, 1.82) is 0 Å². The Balaban J connectivity index is 1.72. The van der Waals surface area contributed by atoms with Crippen molar-refractivity contribution in [3.05, 3.63) is 47.7 Å². The SMILES string of the molecule is OCc1cccc(C2=NC(N3CCNCC3)(N3CCOCC3)C=CN2)c1. The zero-order valence-electron chi connectivity index (χ0n) is 15.0. The van der Waals surface area contributed by atoms with E-state index in [-0.39, 0.29) is 6.61 Å². The van der Waals surface area contributed by atoms with Crippen LogP contribution in [-0.4, -0.2) is 79.0 Å². The van der Waals surface area contributed by atoms with Gasteiger partial charge in [-0.25, -0.2) is 4.99 Å². The van der Waals surface area contributed by atoms with Crippen LogP contribution in [0.1, 0.15) is 11.1 Å². The van der Waals surface area contributed by atoms with Crippen molar-refractivity contribution in [3.8, 4) is 0 Å². The molecule has 0 saturated carbocycles. The molecule has 2 saturated heterocycles. The Morgan fingerprint density at radius 2 is 1.88 bits per heavy atom. The van der Waals surface area contributed by atoms with Gasteiger partial charge in [0.1, 0.15) is 5.84 Å². The van der Waals surface area contributed by atoms with Gasteiger partial charge in [0.25, 0.3) is 0 Å². The molecule has 2 fully saturated rings. The summed E-state index contributed by atoms with van der Waals surface area (Å²) in [6.45, 7) is 7.08. The molecule has 26 heavy (non-hydrogen) atoms. The van der Waals surface area contributed by atoms with E-state index in [4.69, 9.17) is 9.73 Å². The third-order valence-electron chi connectivity index (χ3n) is 5.25. The van der Waals surface area contributed by atoms with Crippen LogP contribution in [0.25, 0.3) is 0 Å². The Hall–Kier alpha value is -1.77. The summed E-state index contributed by atoms with van der Waals surface area (Å²) in [7, 11) is 0. The number of aliphatic hydroxyl groups excluding tert-OH is 1. The third kappa shape index (κ3) is 3.41. The number of hydrogen-bond acceptors (Lipinski definition) is 7. The van der Waals surface area contributed by atoms with Crippen LogP contribution in [-0.2, 0) is 11.3 Å². The van der Waals surface area contributed by atoms with E-state index in [1.165, 1.54) is 0 Å². The summed E-state index contributed by atoms with van der Waals surface area (Å²) in [6, 6.07) is 7.91. The van der Waals surface area contributed by atoms with E-state index in [0.717, 1.165) is 69.4 Å². The van der Waals surface area contributed by atoms with E-state index in [1.807, 2.05) is 30.5 Å². The Bertz CT molecular complexity index is 660. The Kier molecular flexibility index (Phi) is 5.33. The number of rotatable bonds is 4. The lowest BCUT2D eigenvalue weighted by molar-refractivity contribution is -0.0749. The summed E-state index contributed by atoms with van der Waals surface area (Å²) in [4.78, 5) is 10.1. The standard InChI is InChI=1S/C19H27N5O2/c25-15-16-2-1-3-17(14-16)18-21-5-4-19(22-18,23-8-6-20-7-9-23)24-10-12-26-13-11-24/h1-5,14,20,25H,6-13,15H2,(H,21,22). The van der Waals surface area contributed by atoms with Crippen molar-refractivity contribution in [2.24, 2.45) is 4.99 Å². The first-order chi connectivity index (χ1) is 12.8. The quantitative estimate of drug-likeness (QED) is 0.701. The van der Waals surface area contributed by atoms with E-state index >= 15 is 0 Å². The third-order valence-corrected chi connectivity index (χ3v) is 5.25. The summed E-state index contributed by atoms with van der Waals surface area (Å²) in [5.41, 5.74) is 1.88. The average Bonchev–Trinajstić information content (AvgIpc) is 2.75. The van der Waals surface area contributed by atoms with Gasteiger partial charge in [-0.3, -0.25) is 9.80 Å². The minimum Gasteiger partial charge on any atom is -0.392 e. The molecule has 0 bridgehead atoms. The molecule has 0 aromatic heterocycles. The molecule has 7 heteroatoms. The fourth-order valence-corrected chi connectivity index (χ4v) is 3.87. The fraction of sp³-hybridized carbons (Fsp3) is 0.526. The maximum Gasteiger partial charge on any atom is 0.193 e. The van der Waals surface area contributed by atoms with Crippen molar-refractivity contribution in [1.82, 2.24) is 20.4 Å². The molecule has 3 N–H and O–H groups in total. The van der Waals surface area contributed by atoms with Crippen molar-refractivity contribution < 1.29 is 9.84 Å². The number of benzene rings is 1. The lowest BCUT2D eigenvalue weighted by Gasteiger charge is -2.50. The van der Waals surface area contributed by atoms with E-state index in [1.54, 1.807) is 0 Å². The van der Waals surface area contributed by atoms with E-state index in [2.05, 4.69) is 26.5 Å². The molecule has 0 spiro atoms. The van der Waals surface area contributed by atoms with E-state index in [9.17, 15) is 5.11 Å². The second kappa shape index (κ2) is 7.85. The number of nitrogens with zero attached hydrogens (tertiary/aromatic N) is 3. The van der Waals surface area contributed by atoms with Crippen LogP contribution in [0.4, 0.5) is 0 Å². The first-order valence-electron chi connectivity index (χ1n) is 9.35. The van der Waals surface area contributed by atoms with Crippen LogP contribution in [0.15, 0.2) is 41.5 Å². The van der Waals surface area contributed by atoms with Crippen molar-refractivity contribution >= 4 is 5.84 Å². The molecule has 140 valence electrons. The molecule has 1 aromatic carbocycles. The maximum absolute atomic E-state index is 9.46. The predicted molar refractivity (Wildman–Crippen MR) is 101 cm³/mol. The predicted octanol–water partition coefficient (Wildman–Crippen LogP) is -0.0664. The minimum atomic E-state index is -0.484. The number of hydrogen-bond donors (Lipinski definition) is 3. The van der Waals surface area contributed by atoms with Crippen LogP contribution in [0.3, 0.4) is 0 Å². The van der Waals surface area contributed by atoms with Gasteiger partial charge in [0.15, 0.2) is 5.79 Å². The number of aliphatic hydroxyl groups is 1. The largest absolute Gasteiger partial charge is 0.392 e. The van der Waals surface area contributed by atoms with Crippen LogP contribution in [0.5, 0.6) is 0 Å². The van der Waals surface area contributed by atoms with Gasteiger partial charge in [-0.15, -0.1) is 0 Å². The molecule has 0 radical (unpaired) electrons. The van der Waals surface area contributed by atoms with Gasteiger partial charge in [0.05, 0.1) is 19.8 Å². The molecule has 3 heterocycles. The number of nitrogens with one attached hydrogen (secondary N) is 2. The van der Waals surface area contributed by atoms with Crippen LogP contribution in [0, 0.1) is 0 Å². The number of piperazine rings is 1. The average molecular weight is 357 g/mol. The molecule has 4 rings (SSSR count). The zero-order chi connectivity index (χ0) is 17.8. The van der Waals surface area contributed by atoms with Crippen molar-refractivity contribution in [2.45, 2.75) is 12.4 Å². The highest BCUT2D eigenvalue weighted by Crippen LogP contribution is 2.29. The number of morpholine rings is 1. The molecule has 0 aliphatic carbocycles. The number of ether oxygens (including phenoxy) is 1. The lowest BCUT2D eigenvalue weighted by Crippen LogP contribution is -2.66. The molecule has 3 aliphatic rings. The molecule has 3 aliphatic heterocycles. The lowest BCUT2D eigenvalue weighted by atomic mass is 10.1. The summed E-state index contributed by atoms with van der Waals surface area (Å²) >= 11 is 0. The highest BCUT2D eigenvalue weighted by molar-refractivity contribution is 6.00. The zero-order valence-corrected chi connectivity index (χ0v) is 15.0. The molecule has 1 aromatic rings. The van der Waals surface area contributed by atoms with Gasteiger partial charge in [-0.05, 0) is 17.7 Å². The highest BCUT2D eigenvalue weighted by Gasteiger charge is 2.43. The van der Waals surface area contributed by atoms with Crippen LogP contribution >= 0.6 is 0 Å². The monoisotopic (exact) mass is 357 g/mol. The topological polar surface area (TPSA) is 72.4 Å². The minimum absolute atomic E-state index is 0.0311. The Morgan fingerprint density at radius 3 is 2.65 bits per heavy atom. The highest BCUT2D eigenvalue weighted by atomic mass is 16.5. The van der Waals surface area contributed by atoms with E-state index < -0.39 is 5.79 Å². The smallest absolute Gasteiger partial charge is 0.193 e. The van der Waals surface area contributed by atoms with Gasteiger partial charge in [0, 0.05) is 51.0 Å². The van der Waals surface area contributed by atoms with Crippen molar-refractivity contribution in [2.75, 3.05) is 52.5 Å². The molecule has 1 atom stereocenters. The van der Waals surface area contributed by atoms with Gasteiger partial charge in [-0.2, -0.15) is 0 Å². The normalized spacial score (nSPS) is 27.8. The molecular formula is C19H27N5O2. The molecule has 0 amide bonds. The molecule has 7 nitrogen and oxygen atoms in total. The summed E-state index contributed by atoms with van der Waals surface area (Å²) in [5.74, 6) is 0.356. The molecular weight excluding hydrogens is 330 g/mol. The van der Waals surface area contributed by atoms with Crippen LogP contribution in [0.2, 0.25) is 0 Å². The first-order valence-corrected chi connectivity index (χ1v) is 9.35. The first kappa shape index (κ1) is 17.6. The van der Waals surface area contributed by atoms with Crippen molar-refractivity contribution in [3.63, 3.8) is 0 Å². The fourth-order valence-electron chi connectivity index (χ4n) is 3.87. The van der Waals surface area contributed by atoms with E-state index in [0.29, 0.717) is 0 Å². The number of aliphatic imine (C=N–C) groups is 1. The summed E-state index contributed by atoms with van der Waals surface area (Å²) in [5, 5.41) is 16.2. The van der Waals surface area contributed by atoms with Gasteiger partial charge in [0.2, 0.25) is 0 Å². The number of amidine groups is 1. The van der Waals surface area contributed by atoms with Gasteiger partial charge in [-0.1, -0.05) is 18.2 Å².